The molecular weight excluding hydrogens is 323 g/mol. The molecule has 0 saturated heterocycles. The quantitative estimate of drug-likeness (QED) is 0.632. The molecule has 2 aromatic rings. The molecule has 7 heteroatoms. The average molecular weight is 333 g/mol. The Balaban J connectivity index is 1.85. The summed E-state index contributed by atoms with van der Waals surface area (Å²) >= 11 is 0. The van der Waals surface area contributed by atoms with Gasteiger partial charge in [0.05, 0.1) is 0 Å². The zero-order chi connectivity index (χ0) is 17.1. The highest BCUT2D eigenvalue weighted by Crippen LogP contribution is 2.22. The number of cyclic esters (lactones) is 1. The number of hydrogen-bond acceptors (Lipinski definition) is 4. The Morgan fingerprint density at radius 3 is 2.46 bits per heavy atom. The lowest BCUT2D eigenvalue weighted by atomic mass is 10.2. The molecule has 0 radical (unpaired) electrons. The molecule has 24 heavy (non-hydrogen) atoms. The predicted molar refractivity (Wildman–Crippen MR) is 80.1 cm³/mol. The van der Waals surface area contributed by atoms with Gasteiger partial charge in [0.25, 0.3) is 0 Å². The zero-order valence-electron chi connectivity index (χ0n) is 12.1. The molecule has 0 amide bonds. The minimum Gasteiger partial charge on any atom is -0.435 e. The lowest BCUT2D eigenvalue weighted by Crippen LogP contribution is -2.06. The van der Waals surface area contributed by atoms with Crippen molar-refractivity contribution in [2.24, 2.45) is 4.99 Å². The highest BCUT2D eigenvalue weighted by atomic mass is 19.3. The van der Waals surface area contributed by atoms with Gasteiger partial charge in [-0.15, -0.1) is 0 Å². The van der Waals surface area contributed by atoms with Crippen LogP contribution < -0.4 is 4.74 Å². The van der Waals surface area contributed by atoms with Gasteiger partial charge in [-0.2, -0.15) is 8.78 Å². The van der Waals surface area contributed by atoms with Crippen molar-refractivity contribution in [2.75, 3.05) is 0 Å². The number of alkyl halides is 2. The van der Waals surface area contributed by atoms with E-state index in [9.17, 15) is 18.0 Å². The third-order valence-corrected chi connectivity index (χ3v) is 3.14. The second-order valence-electron chi connectivity index (χ2n) is 4.76. The van der Waals surface area contributed by atoms with Crippen molar-refractivity contribution in [3.05, 3.63) is 71.2 Å². The molecule has 0 atom stereocenters. The fraction of sp³-hybridized carbons (Fsp3) is 0.0588. The van der Waals surface area contributed by atoms with Gasteiger partial charge in [0.2, 0.25) is 5.90 Å². The Hall–Kier alpha value is -3.09. The Morgan fingerprint density at radius 2 is 1.79 bits per heavy atom. The summed E-state index contributed by atoms with van der Waals surface area (Å²) in [6.07, 6.45) is 1.28. The van der Waals surface area contributed by atoms with Crippen molar-refractivity contribution in [3.63, 3.8) is 0 Å². The van der Waals surface area contributed by atoms with Gasteiger partial charge in [-0.1, -0.05) is 18.2 Å². The smallest absolute Gasteiger partial charge is 0.387 e. The second-order valence-corrected chi connectivity index (χ2v) is 4.76. The van der Waals surface area contributed by atoms with E-state index in [1.165, 1.54) is 48.5 Å². The number of benzene rings is 2. The van der Waals surface area contributed by atoms with Crippen molar-refractivity contribution in [1.29, 1.82) is 0 Å². The molecular formula is C17H10F3NO3. The van der Waals surface area contributed by atoms with Crippen LogP contribution in [0.15, 0.2) is 59.2 Å². The van der Waals surface area contributed by atoms with E-state index < -0.39 is 18.4 Å². The first-order chi connectivity index (χ1) is 11.5. The van der Waals surface area contributed by atoms with E-state index in [0.717, 1.165) is 0 Å². The van der Waals surface area contributed by atoms with Gasteiger partial charge in [0.15, 0.2) is 5.70 Å². The third kappa shape index (κ3) is 3.45. The normalized spacial score (nSPS) is 15.6. The summed E-state index contributed by atoms with van der Waals surface area (Å²) in [4.78, 5) is 15.9. The number of rotatable bonds is 4. The van der Waals surface area contributed by atoms with Gasteiger partial charge >= 0.3 is 12.6 Å². The van der Waals surface area contributed by atoms with Crippen molar-refractivity contribution in [3.8, 4) is 5.75 Å². The number of ether oxygens (including phenoxy) is 2. The fourth-order valence-corrected chi connectivity index (χ4v) is 2.05. The predicted octanol–water partition coefficient (Wildman–Crippen LogP) is 3.77. The molecule has 0 aromatic heterocycles. The van der Waals surface area contributed by atoms with E-state index in [1.807, 2.05) is 0 Å². The topological polar surface area (TPSA) is 47.9 Å². The Bertz CT molecular complexity index is 829. The third-order valence-electron chi connectivity index (χ3n) is 3.14. The minimum atomic E-state index is -2.92. The largest absolute Gasteiger partial charge is 0.435 e. The van der Waals surface area contributed by atoms with Crippen LogP contribution in [0, 0.1) is 5.82 Å². The number of aliphatic imine (C=N–C) groups is 1. The highest BCUT2D eigenvalue weighted by Gasteiger charge is 2.24. The molecule has 0 unspecified atom stereocenters. The summed E-state index contributed by atoms with van der Waals surface area (Å²) in [5.74, 6) is -1.23. The summed E-state index contributed by atoms with van der Waals surface area (Å²) in [7, 11) is 0. The van der Waals surface area contributed by atoms with E-state index >= 15 is 0 Å². The fourth-order valence-electron chi connectivity index (χ4n) is 2.05. The minimum absolute atomic E-state index is 0.00573. The van der Waals surface area contributed by atoms with E-state index in [-0.39, 0.29) is 22.9 Å². The number of halogens is 3. The van der Waals surface area contributed by atoms with Crippen LogP contribution in [0.25, 0.3) is 6.08 Å². The van der Waals surface area contributed by atoms with Crippen molar-refractivity contribution < 1.29 is 27.4 Å². The van der Waals surface area contributed by atoms with Crippen LogP contribution in [-0.2, 0) is 9.53 Å². The van der Waals surface area contributed by atoms with Crippen LogP contribution in [-0.4, -0.2) is 18.5 Å². The molecule has 1 heterocycles. The average Bonchev–Trinajstić information content (AvgIpc) is 2.91. The van der Waals surface area contributed by atoms with E-state index in [4.69, 9.17) is 4.74 Å². The molecule has 4 nitrogen and oxygen atoms in total. The van der Waals surface area contributed by atoms with Crippen LogP contribution in [0.5, 0.6) is 5.75 Å². The highest BCUT2D eigenvalue weighted by molar-refractivity contribution is 6.12. The van der Waals surface area contributed by atoms with E-state index in [1.54, 1.807) is 6.07 Å². The lowest BCUT2D eigenvalue weighted by molar-refractivity contribution is -0.129. The Kier molecular flexibility index (Phi) is 4.33. The first kappa shape index (κ1) is 15.8. The number of esters is 1. The first-order valence-electron chi connectivity index (χ1n) is 6.85. The van der Waals surface area contributed by atoms with Gasteiger partial charge in [-0.3, -0.25) is 0 Å². The van der Waals surface area contributed by atoms with E-state index in [2.05, 4.69) is 9.73 Å². The molecule has 0 saturated carbocycles. The molecule has 0 N–H and O–H groups in total. The SMILES string of the molecule is O=C1OC(c2ccc(OC(F)F)cc2)=N/C1=C\c1ccccc1F. The zero-order valence-corrected chi connectivity index (χ0v) is 12.1. The number of carbonyl (C=O) groups excluding carboxylic acids is 1. The number of carbonyl (C=O) groups is 1. The van der Waals surface area contributed by atoms with Crippen LogP contribution in [0.1, 0.15) is 11.1 Å². The molecule has 1 aliphatic rings. The van der Waals surface area contributed by atoms with Crippen molar-refractivity contribution in [1.82, 2.24) is 0 Å². The first-order valence-corrected chi connectivity index (χ1v) is 6.85. The number of hydrogen-bond donors (Lipinski definition) is 0. The van der Waals surface area contributed by atoms with Gasteiger partial charge in [-0.25, -0.2) is 14.2 Å². The second kappa shape index (κ2) is 6.57. The van der Waals surface area contributed by atoms with Gasteiger partial charge in [-0.05, 0) is 36.4 Å². The Labute approximate surface area is 134 Å². The molecule has 1 aliphatic heterocycles. The molecule has 0 aliphatic carbocycles. The summed E-state index contributed by atoms with van der Waals surface area (Å²) in [6, 6.07) is 11.4. The lowest BCUT2D eigenvalue weighted by Gasteiger charge is -2.04. The van der Waals surface area contributed by atoms with Crippen LogP contribution in [0.3, 0.4) is 0 Å². The summed E-state index contributed by atoms with van der Waals surface area (Å²) < 4.78 is 47.1. The molecule has 0 bridgehead atoms. The summed E-state index contributed by atoms with van der Waals surface area (Å²) in [6.45, 7) is -2.92. The number of nitrogens with zero attached hydrogens (tertiary/aromatic N) is 1. The van der Waals surface area contributed by atoms with Gasteiger partial charge < -0.3 is 9.47 Å². The maximum absolute atomic E-state index is 13.6. The van der Waals surface area contributed by atoms with Crippen LogP contribution in [0.4, 0.5) is 13.2 Å². The summed E-state index contributed by atoms with van der Waals surface area (Å²) in [5.41, 5.74) is 0.556. The standard InChI is InChI=1S/C17H10F3NO3/c18-13-4-2-1-3-11(13)9-14-16(22)24-15(21-14)10-5-7-12(8-6-10)23-17(19)20/h1-9,17H/b14-9-. The van der Waals surface area contributed by atoms with E-state index in [0.29, 0.717) is 5.56 Å². The molecule has 2 aromatic carbocycles. The summed E-state index contributed by atoms with van der Waals surface area (Å²) in [5, 5.41) is 0. The molecule has 0 spiro atoms. The van der Waals surface area contributed by atoms with Crippen LogP contribution >= 0.6 is 0 Å². The van der Waals surface area contributed by atoms with Gasteiger partial charge in [0.1, 0.15) is 11.6 Å². The van der Waals surface area contributed by atoms with Gasteiger partial charge in [0, 0.05) is 11.1 Å². The maximum atomic E-state index is 13.6. The Morgan fingerprint density at radius 1 is 1.08 bits per heavy atom. The molecule has 0 fully saturated rings. The molecule has 3 rings (SSSR count). The monoisotopic (exact) mass is 333 g/mol. The van der Waals surface area contributed by atoms with Crippen molar-refractivity contribution in [2.45, 2.75) is 6.61 Å². The maximum Gasteiger partial charge on any atom is 0.387 e. The van der Waals surface area contributed by atoms with Crippen LogP contribution in [0.2, 0.25) is 0 Å². The molecule has 122 valence electrons. The van der Waals surface area contributed by atoms with Crippen molar-refractivity contribution >= 4 is 17.9 Å².